The van der Waals surface area contributed by atoms with Crippen molar-refractivity contribution in [2.75, 3.05) is 10.6 Å². The van der Waals surface area contributed by atoms with Crippen molar-refractivity contribution < 1.29 is 9.18 Å². The number of carbonyl (C=O) groups excluding carboxylic acids is 1. The van der Waals surface area contributed by atoms with Crippen LogP contribution in [0.3, 0.4) is 0 Å². The van der Waals surface area contributed by atoms with Gasteiger partial charge < -0.3 is 10.6 Å². The van der Waals surface area contributed by atoms with E-state index in [0.717, 1.165) is 28.2 Å². The summed E-state index contributed by atoms with van der Waals surface area (Å²) in [5.41, 5.74) is 6.25. The van der Waals surface area contributed by atoms with Crippen LogP contribution in [-0.2, 0) is 7.05 Å². The summed E-state index contributed by atoms with van der Waals surface area (Å²) in [6, 6.07) is 18.6. The molecule has 1 amide bonds. The molecule has 9 nitrogen and oxygen atoms in total. The van der Waals surface area contributed by atoms with Gasteiger partial charge in [0.05, 0.1) is 11.4 Å². The largest absolute Gasteiger partial charge is 0.339 e. The lowest BCUT2D eigenvalue weighted by Gasteiger charge is -2.09. The Morgan fingerprint density at radius 2 is 1.57 bits per heavy atom. The van der Waals surface area contributed by atoms with Gasteiger partial charge in [0.25, 0.3) is 5.91 Å². The fraction of sp³-hybridized carbons (Fsp3) is 0.148. The van der Waals surface area contributed by atoms with E-state index in [0.29, 0.717) is 28.7 Å². The highest BCUT2D eigenvalue weighted by atomic mass is 19.1. The number of halogens is 1. The molecule has 3 aromatic heterocycles. The zero-order chi connectivity index (χ0) is 26.1. The van der Waals surface area contributed by atoms with Gasteiger partial charge in [-0.3, -0.25) is 9.48 Å². The van der Waals surface area contributed by atoms with E-state index in [-0.39, 0.29) is 11.7 Å². The zero-order valence-electron chi connectivity index (χ0n) is 20.8. The van der Waals surface area contributed by atoms with Crippen LogP contribution in [0.4, 0.5) is 21.6 Å². The van der Waals surface area contributed by atoms with Crippen LogP contribution in [0.15, 0.2) is 66.7 Å². The number of hydrogen-bond donors (Lipinski definition) is 2. The van der Waals surface area contributed by atoms with Crippen molar-refractivity contribution in [2.24, 2.45) is 7.05 Å². The quantitative estimate of drug-likeness (QED) is 0.338. The lowest BCUT2D eigenvalue weighted by atomic mass is 10.1. The van der Waals surface area contributed by atoms with Gasteiger partial charge in [-0.05, 0) is 93.1 Å². The van der Waals surface area contributed by atoms with Gasteiger partial charge in [0.2, 0.25) is 0 Å². The predicted molar refractivity (Wildman–Crippen MR) is 140 cm³/mol. The highest BCUT2D eigenvalue weighted by Crippen LogP contribution is 2.22. The molecule has 0 fully saturated rings. The minimum atomic E-state index is -0.325. The zero-order valence-corrected chi connectivity index (χ0v) is 20.8. The average Bonchev–Trinajstić information content (AvgIpc) is 3.41. The number of carbonyl (C=O) groups is 1. The van der Waals surface area contributed by atoms with Gasteiger partial charge in [0.15, 0.2) is 11.6 Å². The molecule has 0 saturated carbocycles. The number of aromatic nitrogens is 6. The molecule has 37 heavy (non-hydrogen) atoms. The van der Waals surface area contributed by atoms with E-state index in [9.17, 15) is 9.18 Å². The third-order valence-corrected chi connectivity index (χ3v) is 6.19. The molecule has 10 heteroatoms. The number of benzene rings is 2. The van der Waals surface area contributed by atoms with E-state index >= 15 is 0 Å². The lowest BCUT2D eigenvalue weighted by molar-refractivity contribution is 0.101. The summed E-state index contributed by atoms with van der Waals surface area (Å²) in [6.45, 7) is 6.00. The molecule has 0 saturated heterocycles. The molecule has 5 rings (SSSR count). The summed E-state index contributed by atoms with van der Waals surface area (Å²) in [4.78, 5) is 12.8. The normalized spacial score (nSPS) is 10.9. The fourth-order valence-corrected chi connectivity index (χ4v) is 3.87. The van der Waals surface area contributed by atoms with Gasteiger partial charge in [-0.1, -0.05) is 0 Å². The molecule has 0 spiro atoms. The van der Waals surface area contributed by atoms with Crippen LogP contribution in [0.25, 0.3) is 17.1 Å². The van der Waals surface area contributed by atoms with Crippen molar-refractivity contribution in [1.29, 1.82) is 0 Å². The summed E-state index contributed by atoms with van der Waals surface area (Å²) in [5.74, 6) is 0.607. The number of anilines is 3. The molecule has 0 atom stereocenters. The Bertz CT molecular complexity index is 1570. The van der Waals surface area contributed by atoms with Crippen LogP contribution in [0.5, 0.6) is 0 Å². The molecule has 0 radical (unpaired) electrons. The number of amides is 1. The number of aryl methyl sites for hydroxylation is 2. The summed E-state index contributed by atoms with van der Waals surface area (Å²) in [7, 11) is 1.69. The van der Waals surface area contributed by atoms with E-state index in [2.05, 4.69) is 31.0 Å². The Labute approximate surface area is 213 Å². The predicted octanol–water partition coefficient (Wildman–Crippen LogP) is 5.12. The minimum Gasteiger partial charge on any atom is -0.339 e. The van der Waals surface area contributed by atoms with Crippen molar-refractivity contribution in [1.82, 2.24) is 29.8 Å². The molecule has 0 aliphatic rings. The third kappa shape index (κ3) is 4.94. The van der Waals surface area contributed by atoms with Crippen LogP contribution < -0.4 is 10.6 Å². The second-order valence-corrected chi connectivity index (χ2v) is 8.69. The van der Waals surface area contributed by atoms with Crippen molar-refractivity contribution >= 4 is 23.1 Å². The Morgan fingerprint density at radius 1 is 0.865 bits per heavy atom. The van der Waals surface area contributed by atoms with Crippen LogP contribution in [0, 0.1) is 26.6 Å². The summed E-state index contributed by atoms with van der Waals surface area (Å²) in [5, 5.41) is 23.5. The van der Waals surface area contributed by atoms with Gasteiger partial charge in [-0.15, -0.1) is 10.2 Å². The topological polar surface area (TPSA) is 103 Å². The Balaban J connectivity index is 1.24. The first-order valence-electron chi connectivity index (χ1n) is 11.6. The molecule has 2 N–H and O–H groups in total. The third-order valence-electron chi connectivity index (χ3n) is 6.19. The standard InChI is InChI=1S/C27H25FN8O/c1-16-17(2)33-36(18(16)3)26-14-13-25(31-32-26)29-21-9-11-22(12-10-21)30-27(37)24-15-23(34-35(24)4)19-5-7-20(28)8-6-19/h5-15H,1-4H3,(H,29,31)(H,30,37). The lowest BCUT2D eigenvalue weighted by Crippen LogP contribution is -2.16. The van der Waals surface area contributed by atoms with Gasteiger partial charge in [0, 0.05) is 29.7 Å². The maximum Gasteiger partial charge on any atom is 0.273 e. The van der Waals surface area contributed by atoms with Crippen LogP contribution in [-0.4, -0.2) is 35.7 Å². The number of rotatable bonds is 6. The molecule has 0 aliphatic heterocycles. The Kier molecular flexibility index (Phi) is 6.22. The molecular formula is C27H25FN8O. The average molecular weight is 497 g/mol. The molecule has 186 valence electrons. The molecule has 3 heterocycles. The number of hydrogen-bond acceptors (Lipinski definition) is 6. The van der Waals surface area contributed by atoms with Crippen molar-refractivity contribution in [2.45, 2.75) is 20.8 Å². The first-order chi connectivity index (χ1) is 17.8. The highest BCUT2D eigenvalue weighted by Gasteiger charge is 2.15. The number of nitrogens with one attached hydrogen (secondary N) is 2. The first kappa shape index (κ1) is 23.9. The van der Waals surface area contributed by atoms with Gasteiger partial charge in [-0.25, -0.2) is 9.07 Å². The molecular weight excluding hydrogens is 471 g/mol. The van der Waals surface area contributed by atoms with E-state index in [4.69, 9.17) is 0 Å². The van der Waals surface area contributed by atoms with E-state index in [1.165, 1.54) is 16.8 Å². The minimum absolute atomic E-state index is 0.301. The van der Waals surface area contributed by atoms with Gasteiger partial charge >= 0.3 is 0 Å². The summed E-state index contributed by atoms with van der Waals surface area (Å²) >= 11 is 0. The molecule has 2 aromatic carbocycles. The second-order valence-electron chi connectivity index (χ2n) is 8.69. The summed E-state index contributed by atoms with van der Waals surface area (Å²) in [6.07, 6.45) is 0. The number of nitrogens with zero attached hydrogens (tertiary/aromatic N) is 6. The maximum atomic E-state index is 13.2. The SMILES string of the molecule is Cc1nn(-c2ccc(Nc3ccc(NC(=O)c4cc(-c5ccc(F)cc5)nn4C)cc3)nn2)c(C)c1C. The van der Waals surface area contributed by atoms with Gasteiger partial charge in [0.1, 0.15) is 11.5 Å². The molecule has 0 aliphatic carbocycles. The monoisotopic (exact) mass is 496 g/mol. The van der Waals surface area contributed by atoms with Crippen molar-refractivity contribution in [3.05, 3.63) is 95.2 Å². The van der Waals surface area contributed by atoms with Crippen LogP contribution in [0.1, 0.15) is 27.4 Å². The molecule has 5 aromatic rings. The van der Waals surface area contributed by atoms with Crippen molar-refractivity contribution in [3.8, 4) is 17.1 Å². The highest BCUT2D eigenvalue weighted by molar-refractivity contribution is 6.03. The fourth-order valence-electron chi connectivity index (χ4n) is 3.87. The van der Waals surface area contributed by atoms with Crippen LogP contribution >= 0.6 is 0 Å². The van der Waals surface area contributed by atoms with Crippen molar-refractivity contribution in [3.63, 3.8) is 0 Å². The Hall–Kier alpha value is -4.86. The smallest absolute Gasteiger partial charge is 0.273 e. The first-order valence-corrected chi connectivity index (χ1v) is 11.6. The van der Waals surface area contributed by atoms with Gasteiger partial charge in [-0.2, -0.15) is 10.2 Å². The molecule has 0 unspecified atom stereocenters. The van der Waals surface area contributed by atoms with Crippen LogP contribution in [0.2, 0.25) is 0 Å². The maximum absolute atomic E-state index is 13.2. The summed E-state index contributed by atoms with van der Waals surface area (Å²) < 4.78 is 16.5. The second kappa shape index (κ2) is 9.65. The van der Waals surface area contributed by atoms with E-state index < -0.39 is 0 Å². The molecule has 0 bridgehead atoms. The van der Waals surface area contributed by atoms with E-state index in [1.807, 2.05) is 45.0 Å². The van der Waals surface area contributed by atoms with E-state index in [1.54, 1.807) is 42.1 Å². The Morgan fingerprint density at radius 3 is 2.19 bits per heavy atom.